The van der Waals surface area contributed by atoms with E-state index in [1.54, 1.807) is 0 Å². The summed E-state index contributed by atoms with van der Waals surface area (Å²) in [6.45, 7) is 13.3. The summed E-state index contributed by atoms with van der Waals surface area (Å²) in [5.74, 6) is 0.532. The molecule has 0 bridgehead atoms. The highest BCUT2D eigenvalue weighted by Gasteiger charge is 1.81. The summed E-state index contributed by atoms with van der Waals surface area (Å²) in [7, 11) is 0. The Morgan fingerprint density at radius 2 is 1.77 bits per heavy atom. The van der Waals surface area contributed by atoms with E-state index in [9.17, 15) is 0 Å². The van der Waals surface area contributed by atoms with Crippen molar-refractivity contribution >= 4 is 0 Å². The molecule has 0 saturated carbocycles. The Hall–Kier alpha value is -1.04. The molecule has 0 N–H and O–H groups in total. The molecule has 0 radical (unpaired) electrons. The van der Waals surface area contributed by atoms with Crippen LogP contribution in [0.3, 0.4) is 0 Å². The van der Waals surface area contributed by atoms with Crippen molar-refractivity contribution in [3.8, 4) is 0 Å². The zero-order valence-corrected chi connectivity index (χ0v) is 9.16. The first kappa shape index (κ1) is 14.5. The van der Waals surface area contributed by atoms with Crippen LogP contribution in [0.25, 0.3) is 0 Å². The maximum atomic E-state index is 3.63. The fourth-order valence-corrected chi connectivity index (χ4v) is 0.614. The van der Waals surface area contributed by atoms with Gasteiger partial charge in [0.15, 0.2) is 0 Å². The molecule has 0 aromatic heterocycles. The van der Waals surface area contributed by atoms with Crippen molar-refractivity contribution in [2.45, 2.75) is 27.2 Å². The van der Waals surface area contributed by atoms with Crippen LogP contribution in [0.5, 0.6) is 0 Å². The maximum absolute atomic E-state index is 3.63. The van der Waals surface area contributed by atoms with Gasteiger partial charge in [-0.1, -0.05) is 43.4 Å². The summed E-state index contributed by atoms with van der Waals surface area (Å²) in [5.41, 5.74) is 0. The molecule has 1 atom stereocenters. The standard InChI is InChI=1S/C7H12.C6H10/c1-4-6-7(3)5-2;1-3-5-6-4-2/h4-7H,2H2,1,3H3;3-4,6H,1,5H2,2H3/b2*6-4+. The van der Waals surface area contributed by atoms with Gasteiger partial charge < -0.3 is 0 Å². The molecule has 0 aliphatic carbocycles. The molecule has 0 saturated heterocycles. The first-order chi connectivity index (χ1) is 6.22. The monoisotopic (exact) mass is 178 g/mol. The minimum absolute atomic E-state index is 0.532. The Balaban J connectivity index is 0. The fourth-order valence-electron chi connectivity index (χ4n) is 0.614. The highest BCUT2D eigenvalue weighted by Crippen LogP contribution is 1.95. The SMILES string of the molecule is C=CC(C)/C=C/C.C=CC/C=C/C. The molecule has 0 aromatic rings. The molecule has 74 valence electrons. The van der Waals surface area contributed by atoms with Crippen molar-refractivity contribution < 1.29 is 0 Å². The fraction of sp³-hybridized carbons (Fsp3) is 0.385. The number of allylic oxidation sites excluding steroid dienone is 6. The van der Waals surface area contributed by atoms with Crippen LogP contribution in [0.2, 0.25) is 0 Å². The number of hydrogen-bond donors (Lipinski definition) is 0. The van der Waals surface area contributed by atoms with Crippen molar-refractivity contribution in [1.29, 1.82) is 0 Å². The van der Waals surface area contributed by atoms with Crippen LogP contribution < -0.4 is 0 Å². The topological polar surface area (TPSA) is 0 Å². The van der Waals surface area contributed by atoms with Crippen LogP contribution >= 0.6 is 0 Å². The second-order valence-electron chi connectivity index (χ2n) is 2.71. The van der Waals surface area contributed by atoms with Gasteiger partial charge in [-0.15, -0.1) is 13.2 Å². The quantitative estimate of drug-likeness (QED) is 0.555. The van der Waals surface area contributed by atoms with Gasteiger partial charge in [0.2, 0.25) is 0 Å². The smallest absolute Gasteiger partial charge is 0.00847 e. The van der Waals surface area contributed by atoms with E-state index in [0.29, 0.717) is 5.92 Å². The van der Waals surface area contributed by atoms with Crippen LogP contribution in [0.1, 0.15) is 27.2 Å². The Kier molecular flexibility index (Phi) is 15.1. The van der Waals surface area contributed by atoms with Crippen LogP contribution in [-0.2, 0) is 0 Å². The second kappa shape index (κ2) is 13.5. The molecule has 0 heterocycles. The van der Waals surface area contributed by atoms with E-state index in [4.69, 9.17) is 0 Å². The van der Waals surface area contributed by atoms with Gasteiger partial charge in [0.05, 0.1) is 0 Å². The van der Waals surface area contributed by atoms with Crippen LogP contribution in [0.4, 0.5) is 0 Å². The number of hydrogen-bond acceptors (Lipinski definition) is 0. The van der Waals surface area contributed by atoms with Crippen molar-refractivity contribution in [3.05, 3.63) is 49.6 Å². The van der Waals surface area contributed by atoms with E-state index < -0.39 is 0 Å². The van der Waals surface area contributed by atoms with E-state index in [-0.39, 0.29) is 0 Å². The van der Waals surface area contributed by atoms with Crippen molar-refractivity contribution in [2.24, 2.45) is 5.92 Å². The van der Waals surface area contributed by atoms with Gasteiger partial charge in [-0.2, -0.15) is 0 Å². The Morgan fingerprint density at radius 1 is 1.15 bits per heavy atom. The van der Waals surface area contributed by atoms with E-state index in [2.05, 4.69) is 32.2 Å². The minimum atomic E-state index is 0.532. The molecule has 0 aliphatic rings. The van der Waals surface area contributed by atoms with Gasteiger partial charge in [0.25, 0.3) is 0 Å². The molecule has 0 fully saturated rings. The van der Waals surface area contributed by atoms with Crippen LogP contribution in [0.15, 0.2) is 49.6 Å². The Labute approximate surface area is 83.4 Å². The molecule has 0 aromatic carbocycles. The minimum Gasteiger partial charge on any atom is -0.103 e. The van der Waals surface area contributed by atoms with Gasteiger partial charge in [0.1, 0.15) is 0 Å². The van der Waals surface area contributed by atoms with E-state index in [0.717, 1.165) is 6.42 Å². The third-order valence-electron chi connectivity index (χ3n) is 1.41. The highest BCUT2D eigenvalue weighted by molar-refractivity contribution is 4.92. The molecule has 0 amide bonds. The molecule has 0 spiro atoms. The lowest BCUT2D eigenvalue weighted by Crippen LogP contribution is -1.76. The summed E-state index contributed by atoms with van der Waals surface area (Å²) in [6.07, 6.45) is 13.0. The van der Waals surface area contributed by atoms with Gasteiger partial charge in [0, 0.05) is 0 Å². The Bertz CT molecular complexity index is 161. The second-order valence-corrected chi connectivity index (χ2v) is 2.71. The summed E-state index contributed by atoms with van der Waals surface area (Å²) >= 11 is 0. The van der Waals surface area contributed by atoms with Crippen molar-refractivity contribution in [1.82, 2.24) is 0 Å². The summed E-state index contributed by atoms with van der Waals surface area (Å²) < 4.78 is 0. The first-order valence-electron chi connectivity index (χ1n) is 4.70. The van der Waals surface area contributed by atoms with E-state index >= 15 is 0 Å². The average molecular weight is 178 g/mol. The predicted molar refractivity (Wildman–Crippen MR) is 63.8 cm³/mol. The third-order valence-corrected chi connectivity index (χ3v) is 1.41. The van der Waals surface area contributed by atoms with Gasteiger partial charge in [-0.3, -0.25) is 0 Å². The zero-order valence-electron chi connectivity index (χ0n) is 9.16. The molecule has 0 rings (SSSR count). The molecule has 0 aliphatic heterocycles. The highest BCUT2D eigenvalue weighted by atomic mass is 13.9. The molecule has 13 heavy (non-hydrogen) atoms. The number of rotatable bonds is 4. The van der Waals surface area contributed by atoms with Gasteiger partial charge in [-0.05, 0) is 26.2 Å². The molecular weight excluding hydrogens is 156 g/mol. The predicted octanol–water partition coefficient (Wildman–Crippen LogP) is 4.52. The molecule has 1 unspecified atom stereocenters. The van der Waals surface area contributed by atoms with Crippen LogP contribution in [-0.4, -0.2) is 0 Å². The van der Waals surface area contributed by atoms with Gasteiger partial charge >= 0.3 is 0 Å². The van der Waals surface area contributed by atoms with Gasteiger partial charge in [-0.25, -0.2) is 0 Å². The lowest BCUT2D eigenvalue weighted by atomic mass is 10.2. The molecular formula is C13H22. The third kappa shape index (κ3) is 18.2. The zero-order chi connectivity index (χ0) is 10.5. The summed E-state index contributed by atoms with van der Waals surface area (Å²) in [6, 6.07) is 0. The lowest BCUT2D eigenvalue weighted by molar-refractivity contribution is 0.941. The average Bonchev–Trinajstić information content (AvgIpc) is 2.16. The van der Waals surface area contributed by atoms with Crippen LogP contribution in [0, 0.1) is 5.92 Å². The van der Waals surface area contributed by atoms with Crippen molar-refractivity contribution in [2.75, 3.05) is 0 Å². The summed E-state index contributed by atoms with van der Waals surface area (Å²) in [5, 5.41) is 0. The van der Waals surface area contributed by atoms with E-state index in [1.807, 2.05) is 38.2 Å². The largest absolute Gasteiger partial charge is 0.103 e. The van der Waals surface area contributed by atoms with Crippen molar-refractivity contribution in [3.63, 3.8) is 0 Å². The molecule has 0 nitrogen and oxygen atoms in total. The normalized spacial score (nSPS) is 12.2. The first-order valence-corrected chi connectivity index (χ1v) is 4.70. The lowest BCUT2D eigenvalue weighted by Gasteiger charge is -1.90. The van der Waals surface area contributed by atoms with E-state index in [1.165, 1.54) is 0 Å². The Morgan fingerprint density at radius 3 is 1.92 bits per heavy atom. The maximum Gasteiger partial charge on any atom is -0.00847 e. The summed E-state index contributed by atoms with van der Waals surface area (Å²) in [4.78, 5) is 0. The molecule has 0 heteroatoms.